The van der Waals surface area contributed by atoms with Crippen LogP contribution in [0.5, 0.6) is 0 Å². The van der Waals surface area contributed by atoms with Crippen molar-refractivity contribution in [1.29, 1.82) is 5.26 Å². The Labute approximate surface area is 204 Å². The molecule has 0 bridgehead atoms. The summed E-state index contributed by atoms with van der Waals surface area (Å²) in [5, 5.41) is 13.2. The Kier molecular flexibility index (Phi) is 7.14. The lowest BCUT2D eigenvalue weighted by Gasteiger charge is -2.30. The average molecular weight is 522 g/mol. The van der Waals surface area contributed by atoms with E-state index in [0.29, 0.717) is 23.4 Å². The summed E-state index contributed by atoms with van der Waals surface area (Å²) in [6.07, 6.45) is 6.91. The van der Waals surface area contributed by atoms with Gasteiger partial charge in [0.2, 0.25) is 15.9 Å². The molecule has 0 spiro atoms. The van der Waals surface area contributed by atoms with Crippen LogP contribution in [-0.2, 0) is 37.5 Å². The van der Waals surface area contributed by atoms with E-state index in [4.69, 9.17) is 0 Å². The summed E-state index contributed by atoms with van der Waals surface area (Å²) >= 11 is 1.49. The normalized spacial score (nSPS) is 18.0. The first-order valence-corrected chi connectivity index (χ1v) is 15.4. The highest BCUT2D eigenvalue weighted by Gasteiger charge is 2.33. The van der Waals surface area contributed by atoms with Crippen LogP contribution < -0.4 is 5.32 Å². The predicted molar refractivity (Wildman–Crippen MR) is 130 cm³/mol. The molecule has 0 unspecified atom stereocenters. The molecule has 1 amide bonds. The largest absolute Gasteiger partial charge is 0.316 e. The predicted octanol–water partition coefficient (Wildman–Crippen LogP) is 3.33. The standard InChI is InChI=1S/C23H27N3O5S3/c1-33(28,29)17-7-9-18(10-8-17)34(30,31)26-13-11-16(12-14-26)22(27)25-23-20(15-24)19-5-3-2-4-6-21(19)32-23/h7-10,16H,2-6,11-14H2,1H3,(H,25,27). The molecule has 1 aliphatic heterocycles. The molecule has 0 atom stereocenters. The second-order valence-corrected chi connectivity index (χ2v) is 13.9. The molecule has 4 rings (SSSR count). The fraction of sp³-hybridized carbons (Fsp3) is 0.478. The number of carbonyl (C=O) groups is 1. The molecular weight excluding hydrogens is 494 g/mol. The number of benzene rings is 1. The van der Waals surface area contributed by atoms with Crippen LogP contribution in [0.1, 0.15) is 48.1 Å². The zero-order valence-electron chi connectivity index (χ0n) is 18.9. The minimum Gasteiger partial charge on any atom is -0.316 e. The van der Waals surface area contributed by atoms with Gasteiger partial charge in [-0.3, -0.25) is 4.79 Å². The highest BCUT2D eigenvalue weighted by atomic mass is 32.2. The van der Waals surface area contributed by atoms with Gasteiger partial charge in [0.05, 0.1) is 15.4 Å². The third kappa shape index (κ3) is 5.05. The summed E-state index contributed by atoms with van der Waals surface area (Å²) < 4.78 is 50.5. The zero-order valence-corrected chi connectivity index (χ0v) is 21.4. The number of thiophene rings is 1. The summed E-state index contributed by atoms with van der Waals surface area (Å²) in [5.74, 6) is -0.519. The van der Waals surface area contributed by atoms with E-state index < -0.39 is 19.9 Å². The number of anilines is 1. The van der Waals surface area contributed by atoms with Crippen molar-refractivity contribution < 1.29 is 21.6 Å². The molecule has 1 fully saturated rings. The minimum atomic E-state index is -3.78. The zero-order chi connectivity index (χ0) is 24.5. The van der Waals surface area contributed by atoms with Gasteiger partial charge in [0.1, 0.15) is 11.1 Å². The lowest BCUT2D eigenvalue weighted by Crippen LogP contribution is -2.41. The number of nitrogens with zero attached hydrogens (tertiary/aromatic N) is 2. The van der Waals surface area contributed by atoms with Gasteiger partial charge in [0.25, 0.3) is 0 Å². The lowest BCUT2D eigenvalue weighted by molar-refractivity contribution is -0.120. The molecule has 1 N–H and O–H groups in total. The van der Waals surface area contributed by atoms with Crippen LogP contribution in [0.4, 0.5) is 5.00 Å². The smallest absolute Gasteiger partial charge is 0.243 e. The highest BCUT2D eigenvalue weighted by molar-refractivity contribution is 7.90. The number of aryl methyl sites for hydroxylation is 1. The monoisotopic (exact) mass is 521 g/mol. The number of sulfone groups is 1. The van der Waals surface area contributed by atoms with E-state index in [1.807, 2.05) is 0 Å². The molecule has 8 nitrogen and oxygen atoms in total. The van der Waals surface area contributed by atoms with Crippen LogP contribution in [0.2, 0.25) is 0 Å². The number of hydrogen-bond acceptors (Lipinski definition) is 7. The van der Waals surface area contributed by atoms with Crippen LogP contribution in [0.15, 0.2) is 34.1 Å². The lowest BCUT2D eigenvalue weighted by atomic mass is 9.97. The van der Waals surface area contributed by atoms with Crippen molar-refractivity contribution in [2.45, 2.75) is 54.7 Å². The van der Waals surface area contributed by atoms with E-state index in [1.165, 1.54) is 44.8 Å². The van der Waals surface area contributed by atoms with E-state index in [9.17, 15) is 26.9 Å². The third-order valence-corrected chi connectivity index (χ3v) is 10.7. The van der Waals surface area contributed by atoms with Crippen molar-refractivity contribution in [3.05, 3.63) is 40.3 Å². The number of fused-ring (bicyclic) bond motifs is 1. The highest BCUT2D eigenvalue weighted by Crippen LogP contribution is 2.37. The van der Waals surface area contributed by atoms with Crippen LogP contribution in [0.3, 0.4) is 0 Å². The summed E-state index contributed by atoms with van der Waals surface area (Å²) in [6, 6.07) is 7.45. The minimum absolute atomic E-state index is 0.0292. The van der Waals surface area contributed by atoms with Gasteiger partial charge in [-0.2, -0.15) is 9.57 Å². The van der Waals surface area contributed by atoms with Crippen molar-refractivity contribution >= 4 is 42.1 Å². The Morgan fingerprint density at radius 2 is 1.65 bits per heavy atom. The Morgan fingerprint density at radius 3 is 2.26 bits per heavy atom. The molecule has 11 heteroatoms. The van der Waals surface area contributed by atoms with E-state index in [-0.39, 0.29) is 34.7 Å². The van der Waals surface area contributed by atoms with Crippen LogP contribution in [-0.4, -0.2) is 46.4 Å². The maximum atomic E-state index is 13.0. The van der Waals surface area contributed by atoms with E-state index in [2.05, 4.69) is 11.4 Å². The molecular formula is C23H27N3O5S3. The van der Waals surface area contributed by atoms with Crippen LogP contribution in [0.25, 0.3) is 0 Å². The molecule has 1 saturated heterocycles. The van der Waals surface area contributed by atoms with Gasteiger partial charge < -0.3 is 5.32 Å². The number of hydrogen-bond donors (Lipinski definition) is 1. The molecule has 34 heavy (non-hydrogen) atoms. The number of carbonyl (C=O) groups excluding carboxylic acids is 1. The maximum Gasteiger partial charge on any atom is 0.243 e. The first-order chi connectivity index (χ1) is 16.1. The molecule has 182 valence electrons. The van der Waals surface area contributed by atoms with Crippen molar-refractivity contribution in [1.82, 2.24) is 4.31 Å². The third-order valence-electron chi connectivity index (χ3n) is 6.48. The van der Waals surface area contributed by atoms with Crippen LogP contribution >= 0.6 is 11.3 Å². The first kappa shape index (κ1) is 24.9. The number of rotatable bonds is 5. The Bertz CT molecular complexity index is 1330. The van der Waals surface area contributed by atoms with Crippen molar-refractivity contribution in [3.8, 4) is 6.07 Å². The fourth-order valence-corrected chi connectivity index (χ4v) is 7.87. The summed E-state index contributed by atoms with van der Waals surface area (Å²) in [6.45, 7) is 0.389. The van der Waals surface area contributed by atoms with E-state index >= 15 is 0 Å². The molecule has 2 aromatic rings. The fourth-order valence-electron chi connectivity index (χ4n) is 4.53. The van der Waals surface area contributed by atoms with E-state index in [0.717, 1.165) is 43.9 Å². The van der Waals surface area contributed by atoms with Gasteiger partial charge in [-0.15, -0.1) is 11.3 Å². The molecule has 0 radical (unpaired) electrons. The summed E-state index contributed by atoms with van der Waals surface area (Å²) in [7, 11) is -7.20. The molecule has 1 aromatic heterocycles. The SMILES string of the molecule is CS(=O)(=O)c1ccc(S(=O)(=O)N2CCC(C(=O)Nc3sc4c(c3C#N)CCCCC4)CC2)cc1. The van der Waals surface area contributed by atoms with Crippen molar-refractivity contribution in [3.63, 3.8) is 0 Å². The van der Waals surface area contributed by atoms with Crippen LogP contribution in [0, 0.1) is 17.2 Å². The summed E-state index contributed by atoms with van der Waals surface area (Å²) in [5.41, 5.74) is 1.65. The van der Waals surface area contributed by atoms with Gasteiger partial charge >= 0.3 is 0 Å². The second-order valence-electron chi connectivity index (χ2n) is 8.79. The van der Waals surface area contributed by atoms with Gasteiger partial charge in [-0.1, -0.05) is 6.42 Å². The van der Waals surface area contributed by atoms with Crippen molar-refractivity contribution in [2.24, 2.45) is 5.92 Å². The van der Waals surface area contributed by atoms with Gasteiger partial charge in [0.15, 0.2) is 9.84 Å². The maximum absolute atomic E-state index is 13.0. The van der Waals surface area contributed by atoms with E-state index in [1.54, 1.807) is 0 Å². The topological polar surface area (TPSA) is 124 Å². The average Bonchev–Trinajstić information content (AvgIpc) is 2.97. The molecule has 1 aliphatic carbocycles. The summed E-state index contributed by atoms with van der Waals surface area (Å²) in [4.78, 5) is 14.2. The molecule has 1 aromatic carbocycles. The number of nitrogens with one attached hydrogen (secondary N) is 1. The number of nitriles is 1. The van der Waals surface area contributed by atoms with Gasteiger partial charge in [-0.05, 0) is 68.4 Å². The first-order valence-electron chi connectivity index (χ1n) is 11.3. The van der Waals surface area contributed by atoms with Gasteiger partial charge in [-0.25, -0.2) is 16.8 Å². The Balaban J connectivity index is 1.41. The second kappa shape index (κ2) is 9.77. The van der Waals surface area contributed by atoms with Gasteiger partial charge in [0, 0.05) is 30.1 Å². The number of sulfonamides is 1. The Hall–Kier alpha value is -2.26. The quantitative estimate of drug-likeness (QED) is 0.602. The van der Waals surface area contributed by atoms with Crippen molar-refractivity contribution in [2.75, 3.05) is 24.7 Å². The number of amides is 1. The molecule has 0 saturated carbocycles. The number of piperidine rings is 1. The molecule has 2 heterocycles. The Morgan fingerprint density at radius 1 is 1.03 bits per heavy atom. The molecule has 2 aliphatic rings.